The number of nitrogens with zero attached hydrogens (tertiary/aromatic N) is 1. The average molecular weight is 303 g/mol. The molecule has 23 heavy (non-hydrogen) atoms. The number of rotatable bonds is 6. The van der Waals surface area contributed by atoms with Crippen molar-refractivity contribution in [2.24, 2.45) is 4.99 Å². The highest BCUT2D eigenvalue weighted by Crippen LogP contribution is 2.24. The van der Waals surface area contributed by atoms with Crippen molar-refractivity contribution in [2.45, 2.75) is 33.6 Å². The number of allylic oxidation sites excluding steroid dienone is 1. The third-order valence-electron chi connectivity index (χ3n) is 3.99. The number of aliphatic imine (C=N–C) groups is 1. The zero-order chi connectivity index (χ0) is 16.8. The van der Waals surface area contributed by atoms with Crippen LogP contribution in [0.5, 0.6) is 0 Å². The van der Waals surface area contributed by atoms with Crippen molar-refractivity contribution in [3.05, 3.63) is 77.4 Å². The molecule has 118 valence electrons. The van der Waals surface area contributed by atoms with E-state index in [1.54, 1.807) is 0 Å². The maximum Gasteiger partial charge on any atom is 0.0697 e. The molecule has 0 radical (unpaired) electrons. The van der Waals surface area contributed by atoms with E-state index in [-0.39, 0.29) is 0 Å². The van der Waals surface area contributed by atoms with Crippen molar-refractivity contribution in [2.75, 3.05) is 0 Å². The van der Waals surface area contributed by atoms with Gasteiger partial charge in [-0.1, -0.05) is 54.6 Å². The molecule has 0 amide bonds. The van der Waals surface area contributed by atoms with E-state index in [1.807, 2.05) is 19.2 Å². The first-order chi connectivity index (χ1) is 11.0. The Morgan fingerprint density at radius 2 is 1.91 bits per heavy atom. The Labute approximate surface area is 140 Å². The molecule has 1 heteroatoms. The molecule has 2 aromatic carbocycles. The lowest BCUT2D eigenvalue weighted by molar-refractivity contribution is 0.954. The molecule has 0 saturated heterocycles. The number of hydrogen-bond acceptors (Lipinski definition) is 1. The highest BCUT2D eigenvalue weighted by atomic mass is 14.7. The van der Waals surface area contributed by atoms with E-state index in [2.05, 4.69) is 68.4 Å². The Morgan fingerprint density at radius 1 is 1.13 bits per heavy atom. The monoisotopic (exact) mass is 303 g/mol. The summed E-state index contributed by atoms with van der Waals surface area (Å²) in [6, 6.07) is 13.0. The molecular formula is C22H25N. The SMILES string of the molecule is C=Cc1cc(CCc2ccc(C)cc2C(=C)C)ccc1N=CC. The molecule has 0 unspecified atom stereocenters. The van der Waals surface area contributed by atoms with Crippen LogP contribution in [0.1, 0.15) is 41.7 Å². The fraction of sp³-hybridized carbons (Fsp3) is 0.227. The molecule has 0 spiro atoms. The van der Waals surface area contributed by atoms with Gasteiger partial charge in [0.1, 0.15) is 0 Å². The third-order valence-corrected chi connectivity index (χ3v) is 3.99. The second-order valence-corrected chi connectivity index (χ2v) is 5.93. The van der Waals surface area contributed by atoms with Crippen molar-refractivity contribution in [3.8, 4) is 0 Å². The zero-order valence-electron chi connectivity index (χ0n) is 14.4. The second kappa shape index (κ2) is 7.73. The van der Waals surface area contributed by atoms with Gasteiger partial charge in [-0.15, -0.1) is 0 Å². The predicted octanol–water partition coefficient (Wildman–Crippen LogP) is 6.18. The van der Waals surface area contributed by atoms with Crippen LogP contribution in [-0.4, -0.2) is 6.21 Å². The fourth-order valence-electron chi connectivity index (χ4n) is 2.76. The van der Waals surface area contributed by atoms with E-state index in [1.165, 1.54) is 22.3 Å². The van der Waals surface area contributed by atoms with E-state index < -0.39 is 0 Å². The van der Waals surface area contributed by atoms with Crippen molar-refractivity contribution in [1.82, 2.24) is 0 Å². The zero-order valence-corrected chi connectivity index (χ0v) is 14.4. The summed E-state index contributed by atoms with van der Waals surface area (Å²) in [6.45, 7) is 14.1. The van der Waals surface area contributed by atoms with Crippen LogP contribution in [0, 0.1) is 6.92 Å². The van der Waals surface area contributed by atoms with E-state index in [0.717, 1.165) is 29.7 Å². The summed E-state index contributed by atoms with van der Waals surface area (Å²) in [5, 5.41) is 0. The van der Waals surface area contributed by atoms with Crippen LogP contribution in [0.2, 0.25) is 0 Å². The third kappa shape index (κ3) is 4.29. The molecule has 2 rings (SSSR count). The molecule has 0 heterocycles. The summed E-state index contributed by atoms with van der Waals surface area (Å²) >= 11 is 0. The molecule has 0 saturated carbocycles. The molecule has 0 aromatic heterocycles. The maximum absolute atomic E-state index is 4.38. The van der Waals surface area contributed by atoms with E-state index in [4.69, 9.17) is 0 Å². The minimum atomic E-state index is 0.976. The molecule has 0 fully saturated rings. The van der Waals surface area contributed by atoms with Crippen LogP contribution < -0.4 is 0 Å². The number of aryl methyl sites for hydroxylation is 3. The van der Waals surface area contributed by atoms with Crippen LogP contribution in [-0.2, 0) is 12.8 Å². The first-order valence-electron chi connectivity index (χ1n) is 8.04. The van der Waals surface area contributed by atoms with Crippen LogP contribution in [0.15, 0.2) is 54.5 Å². The van der Waals surface area contributed by atoms with Gasteiger partial charge >= 0.3 is 0 Å². The van der Waals surface area contributed by atoms with Gasteiger partial charge in [-0.25, -0.2) is 0 Å². The van der Waals surface area contributed by atoms with Gasteiger partial charge in [-0.2, -0.15) is 0 Å². The summed E-state index contributed by atoms with van der Waals surface area (Å²) in [6.07, 6.45) is 5.69. The molecular weight excluding hydrogens is 278 g/mol. The highest BCUT2D eigenvalue weighted by molar-refractivity contribution is 5.69. The van der Waals surface area contributed by atoms with Crippen molar-refractivity contribution >= 4 is 23.6 Å². The Hall–Kier alpha value is -2.41. The largest absolute Gasteiger partial charge is 0.261 e. The van der Waals surface area contributed by atoms with Crippen molar-refractivity contribution in [3.63, 3.8) is 0 Å². The van der Waals surface area contributed by atoms with E-state index in [0.29, 0.717) is 0 Å². The lowest BCUT2D eigenvalue weighted by atomic mass is 9.94. The van der Waals surface area contributed by atoms with Crippen molar-refractivity contribution in [1.29, 1.82) is 0 Å². The maximum atomic E-state index is 4.38. The lowest BCUT2D eigenvalue weighted by Gasteiger charge is -2.11. The molecule has 0 aliphatic carbocycles. The quantitative estimate of drug-likeness (QED) is 0.565. The van der Waals surface area contributed by atoms with Gasteiger partial charge in [0.05, 0.1) is 5.69 Å². The topological polar surface area (TPSA) is 12.4 Å². The van der Waals surface area contributed by atoms with Gasteiger partial charge < -0.3 is 0 Å². The van der Waals surface area contributed by atoms with Crippen LogP contribution in [0.3, 0.4) is 0 Å². The van der Waals surface area contributed by atoms with E-state index >= 15 is 0 Å². The minimum Gasteiger partial charge on any atom is -0.261 e. The number of benzene rings is 2. The Bertz CT molecular complexity index is 751. The summed E-state index contributed by atoms with van der Waals surface area (Å²) in [5.41, 5.74) is 8.42. The molecule has 0 N–H and O–H groups in total. The smallest absolute Gasteiger partial charge is 0.0697 e. The Balaban J connectivity index is 2.21. The number of hydrogen-bond donors (Lipinski definition) is 0. The summed E-state index contributed by atoms with van der Waals surface area (Å²) < 4.78 is 0. The first-order valence-corrected chi connectivity index (χ1v) is 8.04. The molecule has 0 aliphatic heterocycles. The highest BCUT2D eigenvalue weighted by Gasteiger charge is 2.06. The van der Waals surface area contributed by atoms with Gasteiger partial charge in [0, 0.05) is 6.21 Å². The van der Waals surface area contributed by atoms with Gasteiger partial charge in [-0.3, -0.25) is 4.99 Å². The summed E-state index contributed by atoms with van der Waals surface area (Å²) in [7, 11) is 0. The van der Waals surface area contributed by atoms with Crippen LogP contribution in [0.25, 0.3) is 11.6 Å². The van der Waals surface area contributed by atoms with Gasteiger partial charge in [-0.05, 0) is 68.0 Å². The normalized spacial score (nSPS) is 10.9. The minimum absolute atomic E-state index is 0.976. The Kier molecular flexibility index (Phi) is 5.70. The average Bonchev–Trinajstić information content (AvgIpc) is 2.54. The molecule has 1 nitrogen and oxygen atoms in total. The van der Waals surface area contributed by atoms with Crippen LogP contribution in [0.4, 0.5) is 5.69 Å². The molecule has 0 aliphatic rings. The van der Waals surface area contributed by atoms with Gasteiger partial charge in [0.15, 0.2) is 0 Å². The Morgan fingerprint density at radius 3 is 2.57 bits per heavy atom. The summed E-state index contributed by atoms with van der Waals surface area (Å²) in [4.78, 5) is 4.38. The lowest BCUT2D eigenvalue weighted by Crippen LogP contribution is -1.97. The predicted molar refractivity (Wildman–Crippen MR) is 104 cm³/mol. The van der Waals surface area contributed by atoms with Gasteiger partial charge in [0.2, 0.25) is 0 Å². The first kappa shape index (κ1) is 17.0. The fourth-order valence-corrected chi connectivity index (χ4v) is 2.76. The van der Waals surface area contributed by atoms with Gasteiger partial charge in [0.25, 0.3) is 0 Å². The summed E-state index contributed by atoms with van der Waals surface area (Å²) in [5.74, 6) is 0. The van der Waals surface area contributed by atoms with Crippen LogP contribution >= 0.6 is 0 Å². The standard InChI is InChI=1S/C22H25N/c1-6-19-15-18(10-13-22(19)23-7-2)9-12-20-11-8-17(5)14-21(20)16(3)4/h6-8,10-11,13-15H,1,3,9,12H2,2,4-5H3. The second-order valence-electron chi connectivity index (χ2n) is 5.93. The van der Waals surface area contributed by atoms with Crippen molar-refractivity contribution < 1.29 is 0 Å². The molecule has 0 bridgehead atoms. The van der Waals surface area contributed by atoms with E-state index in [9.17, 15) is 0 Å². The molecule has 0 atom stereocenters. The molecule has 2 aromatic rings.